The molecule has 18 heavy (non-hydrogen) atoms. The van der Waals surface area contributed by atoms with Gasteiger partial charge in [0.15, 0.2) is 0 Å². The molecule has 0 aliphatic carbocycles. The highest BCUT2D eigenvalue weighted by Gasteiger charge is 2.12. The van der Waals surface area contributed by atoms with Crippen LogP contribution in [0.5, 0.6) is 0 Å². The highest BCUT2D eigenvalue weighted by Crippen LogP contribution is 2.25. The number of hydrogen-bond acceptors (Lipinski definition) is 2. The summed E-state index contributed by atoms with van der Waals surface area (Å²) in [5.74, 6) is 0. The van der Waals surface area contributed by atoms with Crippen molar-refractivity contribution in [3.05, 3.63) is 66.9 Å². The molecule has 0 saturated heterocycles. The smallest absolute Gasteiger partial charge is 0.0577 e. The number of rotatable bonds is 2. The molecule has 1 aliphatic rings. The highest BCUT2D eigenvalue weighted by atomic mass is 15.5. The third kappa shape index (κ3) is 2.15. The lowest BCUT2D eigenvalue weighted by Crippen LogP contribution is -2.33. The van der Waals surface area contributed by atoms with Gasteiger partial charge in [0.1, 0.15) is 0 Å². The molecule has 3 rings (SSSR count). The van der Waals surface area contributed by atoms with Crippen LogP contribution in [0.3, 0.4) is 0 Å². The molecule has 1 unspecified atom stereocenters. The molecule has 0 spiro atoms. The number of anilines is 1. The van der Waals surface area contributed by atoms with Crippen molar-refractivity contribution in [3.8, 4) is 11.1 Å². The number of hydrazine groups is 1. The first kappa shape index (κ1) is 11.1. The van der Waals surface area contributed by atoms with Crippen LogP contribution in [0.1, 0.15) is 6.92 Å². The fraction of sp³-hybridized carbons (Fsp3) is 0.125. The Hall–Kier alpha value is -2.06. The van der Waals surface area contributed by atoms with E-state index in [9.17, 15) is 0 Å². The minimum atomic E-state index is 0.394. The van der Waals surface area contributed by atoms with E-state index in [1.165, 1.54) is 11.1 Å². The van der Waals surface area contributed by atoms with Crippen molar-refractivity contribution >= 4 is 5.69 Å². The molecular weight excluding hydrogens is 220 g/mol. The summed E-state index contributed by atoms with van der Waals surface area (Å²) >= 11 is 0. The average Bonchev–Trinajstić information content (AvgIpc) is 2.87. The van der Waals surface area contributed by atoms with Gasteiger partial charge in [-0.1, -0.05) is 42.5 Å². The number of nitrogens with zero attached hydrogens (tertiary/aromatic N) is 1. The van der Waals surface area contributed by atoms with Gasteiger partial charge in [-0.15, -0.1) is 0 Å². The van der Waals surface area contributed by atoms with Gasteiger partial charge < -0.3 is 0 Å². The predicted octanol–water partition coefficient (Wildman–Crippen LogP) is 3.58. The van der Waals surface area contributed by atoms with Crippen LogP contribution in [-0.4, -0.2) is 6.04 Å². The summed E-state index contributed by atoms with van der Waals surface area (Å²) in [7, 11) is 0. The van der Waals surface area contributed by atoms with Crippen LogP contribution in [-0.2, 0) is 0 Å². The lowest BCUT2D eigenvalue weighted by atomic mass is 10.1. The van der Waals surface area contributed by atoms with Crippen LogP contribution in [0, 0.1) is 0 Å². The molecule has 0 bridgehead atoms. The molecule has 2 aromatic rings. The van der Waals surface area contributed by atoms with Crippen LogP contribution in [0.15, 0.2) is 66.9 Å². The monoisotopic (exact) mass is 236 g/mol. The van der Waals surface area contributed by atoms with Gasteiger partial charge in [-0.2, -0.15) is 0 Å². The Balaban J connectivity index is 1.93. The zero-order valence-corrected chi connectivity index (χ0v) is 10.4. The lowest BCUT2D eigenvalue weighted by Gasteiger charge is -2.19. The molecule has 0 aromatic heterocycles. The lowest BCUT2D eigenvalue weighted by molar-refractivity contribution is 0.683. The summed E-state index contributed by atoms with van der Waals surface area (Å²) in [4.78, 5) is 0. The Kier molecular flexibility index (Phi) is 2.87. The maximum Gasteiger partial charge on any atom is 0.0577 e. The van der Waals surface area contributed by atoms with Crippen molar-refractivity contribution in [2.45, 2.75) is 13.0 Å². The molecule has 1 atom stereocenters. The van der Waals surface area contributed by atoms with Crippen molar-refractivity contribution in [3.63, 3.8) is 0 Å². The van der Waals surface area contributed by atoms with E-state index in [4.69, 9.17) is 0 Å². The van der Waals surface area contributed by atoms with Gasteiger partial charge in [0.05, 0.1) is 5.69 Å². The molecule has 2 nitrogen and oxygen atoms in total. The van der Waals surface area contributed by atoms with Crippen molar-refractivity contribution < 1.29 is 0 Å². The molecule has 90 valence electrons. The topological polar surface area (TPSA) is 15.3 Å². The van der Waals surface area contributed by atoms with Crippen LogP contribution in [0.4, 0.5) is 5.69 Å². The van der Waals surface area contributed by atoms with Crippen molar-refractivity contribution in [1.82, 2.24) is 5.43 Å². The van der Waals surface area contributed by atoms with E-state index >= 15 is 0 Å². The van der Waals surface area contributed by atoms with Gasteiger partial charge in [-0.25, -0.2) is 5.43 Å². The van der Waals surface area contributed by atoms with E-state index in [0.717, 1.165) is 5.69 Å². The largest absolute Gasteiger partial charge is 0.284 e. The third-order valence-corrected chi connectivity index (χ3v) is 3.10. The summed E-state index contributed by atoms with van der Waals surface area (Å²) in [6, 6.07) is 19.4. The Morgan fingerprint density at radius 1 is 0.944 bits per heavy atom. The number of nitrogens with one attached hydrogen (secondary N) is 1. The van der Waals surface area contributed by atoms with Crippen molar-refractivity contribution in [2.75, 3.05) is 5.01 Å². The van der Waals surface area contributed by atoms with Crippen LogP contribution < -0.4 is 10.4 Å². The fourth-order valence-corrected chi connectivity index (χ4v) is 2.15. The molecular formula is C16H16N2. The van der Waals surface area contributed by atoms with E-state index in [-0.39, 0.29) is 0 Å². The summed E-state index contributed by atoms with van der Waals surface area (Å²) < 4.78 is 0. The van der Waals surface area contributed by atoms with E-state index in [0.29, 0.717) is 6.04 Å². The molecule has 1 N–H and O–H groups in total. The normalized spacial score (nSPS) is 18.3. The minimum absolute atomic E-state index is 0.394. The molecule has 2 heteroatoms. The maximum atomic E-state index is 3.37. The zero-order chi connectivity index (χ0) is 12.4. The number of hydrogen-bond donors (Lipinski definition) is 1. The summed E-state index contributed by atoms with van der Waals surface area (Å²) in [6.07, 6.45) is 4.23. The second kappa shape index (κ2) is 4.67. The van der Waals surface area contributed by atoms with Gasteiger partial charge >= 0.3 is 0 Å². The van der Waals surface area contributed by atoms with Gasteiger partial charge in [-0.3, -0.25) is 5.01 Å². The first-order chi connectivity index (χ1) is 8.83. The van der Waals surface area contributed by atoms with Crippen molar-refractivity contribution in [2.24, 2.45) is 0 Å². The predicted molar refractivity (Wildman–Crippen MR) is 76.1 cm³/mol. The van der Waals surface area contributed by atoms with Crippen LogP contribution in [0.25, 0.3) is 11.1 Å². The summed E-state index contributed by atoms with van der Waals surface area (Å²) in [6.45, 7) is 2.14. The van der Waals surface area contributed by atoms with E-state index in [2.05, 4.69) is 78.2 Å². The Morgan fingerprint density at radius 3 is 2.44 bits per heavy atom. The Bertz CT molecular complexity index is 560. The minimum Gasteiger partial charge on any atom is -0.284 e. The molecule has 0 fully saturated rings. The first-order valence-electron chi connectivity index (χ1n) is 6.22. The molecule has 1 aliphatic heterocycles. The molecule has 0 radical (unpaired) electrons. The SMILES string of the molecule is CC1C=CN(c2cccc(-c3ccccc3)c2)N1. The second-order valence-corrected chi connectivity index (χ2v) is 4.55. The second-order valence-electron chi connectivity index (χ2n) is 4.55. The first-order valence-corrected chi connectivity index (χ1v) is 6.22. The molecule has 1 heterocycles. The van der Waals surface area contributed by atoms with Gasteiger partial charge in [0.25, 0.3) is 0 Å². The van der Waals surface area contributed by atoms with E-state index < -0.39 is 0 Å². The van der Waals surface area contributed by atoms with E-state index in [1.54, 1.807) is 0 Å². The van der Waals surface area contributed by atoms with Crippen LogP contribution in [0.2, 0.25) is 0 Å². The molecule has 2 aromatic carbocycles. The highest BCUT2D eigenvalue weighted by molar-refractivity contribution is 5.69. The third-order valence-electron chi connectivity index (χ3n) is 3.10. The summed E-state index contributed by atoms with van der Waals surface area (Å²) in [5, 5.41) is 2.07. The van der Waals surface area contributed by atoms with Gasteiger partial charge in [-0.05, 0) is 36.3 Å². The Labute approximate surface area is 108 Å². The number of benzene rings is 2. The molecule has 0 saturated carbocycles. The standard InChI is InChI=1S/C16H16N2/c1-13-10-11-18(17-13)16-9-5-8-15(12-16)14-6-3-2-4-7-14/h2-13,17H,1H3. The summed E-state index contributed by atoms with van der Waals surface area (Å²) in [5.41, 5.74) is 7.02. The van der Waals surface area contributed by atoms with Gasteiger partial charge in [0, 0.05) is 12.2 Å². The van der Waals surface area contributed by atoms with Gasteiger partial charge in [0.2, 0.25) is 0 Å². The quantitative estimate of drug-likeness (QED) is 0.857. The fourth-order valence-electron chi connectivity index (χ4n) is 2.15. The molecule has 0 amide bonds. The maximum absolute atomic E-state index is 3.37. The average molecular weight is 236 g/mol. The Morgan fingerprint density at radius 2 is 1.72 bits per heavy atom. The zero-order valence-electron chi connectivity index (χ0n) is 10.4. The van der Waals surface area contributed by atoms with Crippen molar-refractivity contribution in [1.29, 1.82) is 0 Å². The van der Waals surface area contributed by atoms with E-state index in [1.807, 2.05) is 6.07 Å². The van der Waals surface area contributed by atoms with Crippen LogP contribution >= 0.6 is 0 Å².